The first kappa shape index (κ1) is 12.6. The highest BCUT2D eigenvalue weighted by atomic mass is 32.2. The van der Waals surface area contributed by atoms with Crippen LogP contribution in [0.1, 0.15) is 38.9 Å². The summed E-state index contributed by atoms with van der Waals surface area (Å²) in [5, 5.41) is 0.231. The number of nitrogens with zero attached hydrogens (tertiary/aromatic N) is 2. The van der Waals surface area contributed by atoms with Crippen LogP contribution in [0.4, 0.5) is 0 Å². The molecule has 0 radical (unpaired) electrons. The van der Waals surface area contributed by atoms with E-state index in [1.54, 1.807) is 4.31 Å². The lowest BCUT2D eigenvalue weighted by molar-refractivity contribution is 0.401. The SMILES string of the molecule is CCCN(C1CC1)S(=O)(=O)c1cnc(CC)[nH]1. The van der Waals surface area contributed by atoms with Gasteiger partial charge in [-0.2, -0.15) is 4.31 Å². The van der Waals surface area contributed by atoms with Crippen LogP contribution >= 0.6 is 0 Å². The lowest BCUT2D eigenvalue weighted by Crippen LogP contribution is -2.34. The third kappa shape index (κ3) is 2.52. The lowest BCUT2D eigenvalue weighted by atomic mass is 10.5. The summed E-state index contributed by atoms with van der Waals surface area (Å²) < 4.78 is 26.4. The number of imidazole rings is 1. The standard InChI is InChI=1S/C11H19N3O2S/c1-3-7-14(9-5-6-9)17(15,16)11-8-12-10(4-2)13-11/h8-9H,3-7H2,1-2H3,(H,12,13). The second-order valence-corrected chi connectivity index (χ2v) is 6.25. The topological polar surface area (TPSA) is 66.1 Å². The predicted molar refractivity (Wildman–Crippen MR) is 65.2 cm³/mol. The van der Waals surface area contributed by atoms with Crippen LogP contribution in [0.5, 0.6) is 0 Å². The van der Waals surface area contributed by atoms with E-state index in [1.165, 1.54) is 6.20 Å². The van der Waals surface area contributed by atoms with Gasteiger partial charge < -0.3 is 4.98 Å². The molecule has 6 heteroatoms. The molecule has 1 N–H and O–H groups in total. The van der Waals surface area contributed by atoms with Crippen molar-refractivity contribution in [2.24, 2.45) is 0 Å². The molecule has 1 aromatic rings. The Bertz CT molecular complexity index is 477. The van der Waals surface area contributed by atoms with E-state index in [2.05, 4.69) is 9.97 Å². The molecule has 1 heterocycles. The molecule has 0 aliphatic heterocycles. The zero-order chi connectivity index (χ0) is 12.5. The van der Waals surface area contributed by atoms with E-state index in [4.69, 9.17) is 0 Å². The van der Waals surface area contributed by atoms with Gasteiger partial charge in [0.2, 0.25) is 0 Å². The highest BCUT2D eigenvalue weighted by molar-refractivity contribution is 7.89. The van der Waals surface area contributed by atoms with Crippen molar-refractivity contribution >= 4 is 10.0 Å². The molecule has 17 heavy (non-hydrogen) atoms. The van der Waals surface area contributed by atoms with Gasteiger partial charge in [-0.15, -0.1) is 0 Å². The second kappa shape index (κ2) is 4.78. The zero-order valence-corrected chi connectivity index (χ0v) is 11.1. The third-order valence-electron chi connectivity index (χ3n) is 2.92. The van der Waals surface area contributed by atoms with Crippen molar-refractivity contribution in [1.82, 2.24) is 14.3 Å². The minimum atomic E-state index is -3.37. The van der Waals surface area contributed by atoms with E-state index in [-0.39, 0.29) is 11.1 Å². The monoisotopic (exact) mass is 257 g/mol. The summed E-state index contributed by atoms with van der Waals surface area (Å²) in [5.41, 5.74) is 0. The van der Waals surface area contributed by atoms with Crippen LogP contribution in [0.3, 0.4) is 0 Å². The van der Waals surface area contributed by atoms with Gasteiger partial charge in [0.1, 0.15) is 5.82 Å². The van der Waals surface area contributed by atoms with E-state index in [0.29, 0.717) is 13.0 Å². The number of aromatic nitrogens is 2. The van der Waals surface area contributed by atoms with Crippen molar-refractivity contribution in [3.8, 4) is 0 Å². The first-order valence-corrected chi connectivity index (χ1v) is 7.59. The van der Waals surface area contributed by atoms with Gasteiger partial charge in [0.05, 0.1) is 6.20 Å². The fourth-order valence-electron chi connectivity index (χ4n) is 1.86. The minimum absolute atomic E-state index is 0.202. The van der Waals surface area contributed by atoms with Crippen LogP contribution in [-0.2, 0) is 16.4 Å². The highest BCUT2D eigenvalue weighted by Gasteiger charge is 2.38. The molecule has 0 amide bonds. The zero-order valence-electron chi connectivity index (χ0n) is 10.3. The van der Waals surface area contributed by atoms with Crippen molar-refractivity contribution in [3.63, 3.8) is 0 Å². The van der Waals surface area contributed by atoms with Crippen molar-refractivity contribution in [2.45, 2.75) is 50.6 Å². The van der Waals surface area contributed by atoms with Gasteiger partial charge in [0.15, 0.2) is 5.03 Å². The number of aromatic amines is 1. The molecule has 1 saturated carbocycles. The Hall–Kier alpha value is -0.880. The van der Waals surface area contributed by atoms with Crippen LogP contribution in [-0.4, -0.2) is 35.3 Å². The Kier molecular flexibility index (Phi) is 3.53. The summed E-state index contributed by atoms with van der Waals surface area (Å²) in [6, 6.07) is 0.202. The lowest BCUT2D eigenvalue weighted by Gasteiger charge is -2.19. The molecule has 5 nitrogen and oxygen atoms in total. The third-order valence-corrected chi connectivity index (χ3v) is 4.79. The van der Waals surface area contributed by atoms with Crippen LogP contribution < -0.4 is 0 Å². The fourth-order valence-corrected chi connectivity index (χ4v) is 3.57. The molecular weight excluding hydrogens is 238 g/mol. The molecule has 1 aromatic heterocycles. The Morgan fingerprint density at radius 1 is 1.47 bits per heavy atom. The van der Waals surface area contributed by atoms with Gasteiger partial charge in [-0.1, -0.05) is 13.8 Å². The van der Waals surface area contributed by atoms with Crippen LogP contribution in [0, 0.1) is 0 Å². The molecule has 0 bridgehead atoms. The summed E-state index contributed by atoms with van der Waals surface area (Å²) in [6.07, 6.45) is 4.94. The molecule has 0 aromatic carbocycles. The number of nitrogens with one attached hydrogen (secondary N) is 1. The van der Waals surface area contributed by atoms with Gasteiger partial charge >= 0.3 is 0 Å². The van der Waals surface area contributed by atoms with Crippen molar-refractivity contribution in [2.75, 3.05) is 6.54 Å². The number of sulfonamides is 1. The normalized spacial score (nSPS) is 16.6. The Balaban J connectivity index is 2.26. The number of H-pyrrole nitrogens is 1. The molecule has 96 valence electrons. The average Bonchev–Trinajstić information content (AvgIpc) is 3.01. The van der Waals surface area contributed by atoms with Gasteiger partial charge in [0, 0.05) is 19.0 Å². The maximum atomic E-state index is 12.4. The van der Waals surface area contributed by atoms with Crippen LogP contribution in [0.15, 0.2) is 11.2 Å². The molecule has 1 fully saturated rings. The summed E-state index contributed by atoms with van der Waals surface area (Å²) in [5.74, 6) is 0.718. The van der Waals surface area contributed by atoms with E-state index in [1.807, 2.05) is 13.8 Å². The molecule has 0 atom stereocenters. The Morgan fingerprint density at radius 2 is 2.18 bits per heavy atom. The van der Waals surface area contributed by atoms with E-state index in [0.717, 1.165) is 25.1 Å². The Morgan fingerprint density at radius 3 is 2.65 bits per heavy atom. The first-order valence-electron chi connectivity index (χ1n) is 6.15. The van der Waals surface area contributed by atoms with Gasteiger partial charge in [-0.25, -0.2) is 13.4 Å². The van der Waals surface area contributed by atoms with E-state index in [9.17, 15) is 8.42 Å². The number of hydrogen-bond acceptors (Lipinski definition) is 3. The van der Waals surface area contributed by atoms with Gasteiger partial charge in [0.25, 0.3) is 10.0 Å². The smallest absolute Gasteiger partial charge is 0.260 e. The van der Waals surface area contributed by atoms with Gasteiger partial charge in [-0.3, -0.25) is 0 Å². The van der Waals surface area contributed by atoms with E-state index < -0.39 is 10.0 Å². The Labute approximate surface area is 102 Å². The fraction of sp³-hybridized carbons (Fsp3) is 0.727. The maximum absolute atomic E-state index is 12.4. The second-order valence-electron chi connectivity index (χ2n) is 4.39. The molecule has 0 unspecified atom stereocenters. The molecule has 1 aliphatic carbocycles. The quantitative estimate of drug-likeness (QED) is 0.840. The van der Waals surface area contributed by atoms with Crippen molar-refractivity contribution in [1.29, 1.82) is 0 Å². The number of hydrogen-bond donors (Lipinski definition) is 1. The number of rotatable bonds is 6. The first-order chi connectivity index (χ1) is 8.09. The highest BCUT2D eigenvalue weighted by Crippen LogP contribution is 2.31. The average molecular weight is 257 g/mol. The largest absolute Gasteiger partial charge is 0.332 e. The molecule has 1 aliphatic rings. The summed E-state index contributed by atoms with van der Waals surface area (Å²) >= 11 is 0. The molecule has 0 saturated heterocycles. The predicted octanol–water partition coefficient (Wildman–Crippen LogP) is 1.54. The number of aryl methyl sites for hydroxylation is 1. The van der Waals surface area contributed by atoms with Crippen LogP contribution in [0.2, 0.25) is 0 Å². The van der Waals surface area contributed by atoms with Crippen LogP contribution in [0.25, 0.3) is 0 Å². The summed E-state index contributed by atoms with van der Waals surface area (Å²) in [7, 11) is -3.37. The molecule has 2 rings (SSSR count). The minimum Gasteiger partial charge on any atom is -0.332 e. The molecule has 0 spiro atoms. The summed E-state index contributed by atoms with van der Waals surface area (Å²) in [6.45, 7) is 4.53. The van der Waals surface area contributed by atoms with Crippen molar-refractivity contribution < 1.29 is 8.42 Å². The van der Waals surface area contributed by atoms with E-state index >= 15 is 0 Å². The van der Waals surface area contributed by atoms with Crippen molar-refractivity contribution in [3.05, 3.63) is 12.0 Å². The summed E-state index contributed by atoms with van der Waals surface area (Å²) in [4.78, 5) is 6.95. The molecular formula is C11H19N3O2S. The maximum Gasteiger partial charge on any atom is 0.260 e. The van der Waals surface area contributed by atoms with Gasteiger partial charge in [-0.05, 0) is 19.3 Å².